The van der Waals surface area contributed by atoms with E-state index < -0.39 is 0 Å². The molecule has 0 radical (unpaired) electrons. The largest absolute Gasteiger partial charge is 0.491 e. The molecule has 1 aromatic rings. The highest BCUT2D eigenvalue weighted by atomic mass is 16.5. The summed E-state index contributed by atoms with van der Waals surface area (Å²) in [6.07, 6.45) is 0.951. The quantitative estimate of drug-likeness (QED) is 0.439. The fourth-order valence-electron chi connectivity index (χ4n) is 2.19. The summed E-state index contributed by atoms with van der Waals surface area (Å²) in [4.78, 5) is 4.19. The van der Waals surface area contributed by atoms with E-state index in [9.17, 15) is 0 Å². The third kappa shape index (κ3) is 7.37. The van der Waals surface area contributed by atoms with Gasteiger partial charge in [-0.15, -0.1) is 0 Å². The number of rotatable bonds is 8. The topological polar surface area (TPSA) is 54.9 Å². The first-order chi connectivity index (χ1) is 11.0. The molecule has 0 fully saturated rings. The van der Waals surface area contributed by atoms with Crippen molar-refractivity contribution in [2.24, 2.45) is 4.99 Å². The first-order valence-corrected chi connectivity index (χ1v) is 8.15. The van der Waals surface area contributed by atoms with Crippen molar-refractivity contribution >= 4 is 5.96 Å². The molecule has 5 nitrogen and oxygen atoms in total. The average molecular weight is 321 g/mol. The third-order valence-corrected chi connectivity index (χ3v) is 3.39. The van der Waals surface area contributed by atoms with Crippen molar-refractivity contribution in [2.45, 2.75) is 32.6 Å². The van der Waals surface area contributed by atoms with Gasteiger partial charge in [-0.25, -0.2) is 0 Å². The second kappa shape index (κ2) is 10.1. The molecule has 0 aliphatic carbocycles. The van der Waals surface area contributed by atoms with Gasteiger partial charge in [0.15, 0.2) is 5.96 Å². The van der Waals surface area contributed by atoms with Crippen molar-refractivity contribution in [1.29, 1.82) is 0 Å². The van der Waals surface area contributed by atoms with Crippen LogP contribution < -0.4 is 15.4 Å². The molecule has 0 saturated carbocycles. The van der Waals surface area contributed by atoms with E-state index in [4.69, 9.17) is 9.47 Å². The summed E-state index contributed by atoms with van der Waals surface area (Å²) >= 11 is 0. The Morgan fingerprint density at radius 3 is 2.43 bits per heavy atom. The second-order valence-corrected chi connectivity index (χ2v) is 6.37. The smallest absolute Gasteiger partial charge is 0.191 e. The predicted octanol–water partition coefficient (Wildman–Crippen LogP) is 2.56. The van der Waals surface area contributed by atoms with Gasteiger partial charge in [-0.3, -0.25) is 4.99 Å². The van der Waals surface area contributed by atoms with Crippen LogP contribution in [0.15, 0.2) is 29.3 Å². The Labute approximate surface area is 140 Å². The molecular weight excluding hydrogens is 290 g/mol. The number of benzene rings is 1. The molecule has 0 bridgehead atoms. The number of hydrogen-bond donors (Lipinski definition) is 2. The van der Waals surface area contributed by atoms with Crippen LogP contribution in [0.4, 0.5) is 0 Å². The number of aliphatic imine (C=N–C) groups is 1. The van der Waals surface area contributed by atoms with Crippen LogP contribution in [0.3, 0.4) is 0 Å². The van der Waals surface area contributed by atoms with E-state index in [-0.39, 0.29) is 5.41 Å². The van der Waals surface area contributed by atoms with Crippen molar-refractivity contribution in [3.05, 3.63) is 29.8 Å². The maximum atomic E-state index is 5.94. The Morgan fingerprint density at radius 2 is 1.78 bits per heavy atom. The predicted molar refractivity (Wildman–Crippen MR) is 96.5 cm³/mol. The second-order valence-electron chi connectivity index (χ2n) is 6.37. The molecule has 23 heavy (non-hydrogen) atoms. The fourth-order valence-corrected chi connectivity index (χ4v) is 2.19. The maximum absolute atomic E-state index is 5.94. The van der Waals surface area contributed by atoms with E-state index in [1.54, 1.807) is 14.2 Å². The Bertz CT molecular complexity index is 481. The minimum absolute atomic E-state index is 0.0724. The number of hydrogen-bond acceptors (Lipinski definition) is 3. The Hall–Kier alpha value is -1.75. The summed E-state index contributed by atoms with van der Waals surface area (Å²) < 4.78 is 11.0. The van der Waals surface area contributed by atoms with Crippen LogP contribution in [0.25, 0.3) is 0 Å². The van der Waals surface area contributed by atoms with Crippen LogP contribution in [0.2, 0.25) is 0 Å². The van der Waals surface area contributed by atoms with Gasteiger partial charge in [-0.1, -0.05) is 39.0 Å². The van der Waals surface area contributed by atoms with Gasteiger partial charge in [0.2, 0.25) is 0 Å². The zero-order valence-electron chi connectivity index (χ0n) is 15.1. The lowest BCUT2D eigenvalue weighted by molar-refractivity contribution is 0.195. The van der Waals surface area contributed by atoms with Crippen LogP contribution in [0, 0.1) is 0 Å². The van der Waals surface area contributed by atoms with Gasteiger partial charge < -0.3 is 20.1 Å². The highest BCUT2D eigenvalue weighted by Crippen LogP contribution is 2.30. The monoisotopic (exact) mass is 321 g/mol. The molecule has 1 rings (SSSR count). The Balaban J connectivity index is 2.37. The Morgan fingerprint density at radius 1 is 1.09 bits per heavy atom. The summed E-state index contributed by atoms with van der Waals surface area (Å²) in [5.74, 6) is 1.73. The van der Waals surface area contributed by atoms with E-state index in [1.165, 1.54) is 5.56 Å². The van der Waals surface area contributed by atoms with E-state index >= 15 is 0 Å². The molecule has 1 aromatic carbocycles. The minimum Gasteiger partial charge on any atom is -0.491 e. The lowest BCUT2D eigenvalue weighted by atomic mass is 9.86. The number of guanidine groups is 1. The summed E-state index contributed by atoms with van der Waals surface area (Å²) in [5, 5.41) is 6.49. The van der Waals surface area contributed by atoms with Crippen LogP contribution in [-0.2, 0) is 10.2 Å². The van der Waals surface area contributed by atoms with Gasteiger partial charge in [-0.2, -0.15) is 0 Å². The summed E-state index contributed by atoms with van der Waals surface area (Å²) in [7, 11) is 3.47. The van der Waals surface area contributed by atoms with Crippen molar-refractivity contribution in [2.75, 3.05) is 40.5 Å². The number of nitrogens with zero attached hydrogens (tertiary/aromatic N) is 1. The lowest BCUT2D eigenvalue weighted by Gasteiger charge is -2.22. The van der Waals surface area contributed by atoms with Gasteiger partial charge >= 0.3 is 0 Å². The van der Waals surface area contributed by atoms with Gasteiger partial charge in [0.1, 0.15) is 12.4 Å². The van der Waals surface area contributed by atoms with E-state index in [0.717, 1.165) is 31.3 Å². The van der Waals surface area contributed by atoms with Crippen LogP contribution >= 0.6 is 0 Å². The summed E-state index contributed by atoms with van der Waals surface area (Å²) in [6, 6.07) is 8.21. The lowest BCUT2D eigenvalue weighted by Crippen LogP contribution is -2.40. The maximum Gasteiger partial charge on any atom is 0.191 e. The molecule has 2 N–H and O–H groups in total. The van der Waals surface area contributed by atoms with Crippen molar-refractivity contribution in [3.63, 3.8) is 0 Å². The molecule has 0 aliphatic rings. The molecule has 0 saturated heterocycles. The molecule has 5 heteroatoms. The summed E-state index contributed by atoms with van der Waals surface area (Å²) in [6.45, 7) is 9.45. The van der Waals surface area contributed by atoms with Crippen molar-refractivity contribution in [3.8, 4) is 5.75 Å². The normalized spacial score (nSPS) is 12.1. The Kier molecular flexibility index (Phi) is 8.48. The molecule has 0 aliphatic heterocycles. The highest BCUT2D eigenvalue weighted by Gasteiger charge is 2.18. The number of methoxy groups -OCH3 is 1. The molecule has 0 atom stereocenters. The standard InChI is InChI=1S/C18H31N3O2/c1-18(2,3)15-9-6-7-10-16(15)23-14-12-21-17(19-4)20-11-8-13-22-5/h6-7,9-10H,8,11-14H2,1-5H3,(H2,19,20,21). The zero-order chi connectivity index (χ0) is 17.1. The van der Waals surface area contributed by atoms with E-state index in [2.05, 4.69) is 48.5 Å². The number of para-hydroxylation sites is 1. The third-order valence-electron chi connectivity index (χ3n) is 3.39. The van der Waals surface area contributed by atoms with Gasteiger partial charge in [0.05, 0.1) is 6.54 Å². The molecule has 0 aromatic heterocycles. The first-order valence-electron chi connectivity index (χ1n) is 8.15. The minimum atomic E-state index is 0.0724. The van der Waals surface area contributed by atoms with E-state index in [1.807, 2.05) is 12.1 Å². The van der Waals surface area contributed by atoms with Gasteiger partial charge in [-0.05, 0) is 23.5 Å². The SMILES string of the molecule is CN=C(NCCCOC)NCCOc1ccccc1C(C)(C)C. The van der Waals surface area contributed by atoms with Crippen LogP contribution in [0.5, 0.6) is 5.75 Å². The molecule has 0 amide bonds. The first kappa shape index (κ1) is 19.3. The molecule has 0 heterocycles. The average Bonchev–Trinajstić information content (AvgIpc) is 2.53. The number of ether oxygens (including phenoxy) is 2. The van der Waals surface area contributed by atoms with Crippen LogP contribution in [0.1, 0.15) is 32.8 Å². The summed E-state index contributed by atoms with van der Waals surface area (Å²) in [5.41, 5.74) is 1.30. The molecule has 130 valence electrons. The molecule has 0 unspecified atom stereocenters. The zero-order valence-corrected chi connectivity index (χ0v) is 15.1. The molecular formula is C18H31N3O2. The van der Waals surface area contributed by atoms with Gasteiger partial charge in [0, 0.05) is 27.3 Å². The van der Waals surface area contributed by atoms with Gasteiger partial charge in [0.25, 0.3) is 0 Å². The van der Waals surface area contributed by atoms with Crippen molar-refractivity contribution in [1.82, 2.24) is 10.6 Å². The number of nitrogens with one attached hydrogen (secondary N) is 2. The van der Waals surface area contributed by atoms with Crippen molar-refractivity contribution < 1.29 is 9.47 Å². The highest BCUT2D eigenvalue weighted by molar-refractivity contribution is 5.79. The molecule has 0 spiro atoms. The fraction of sp³-hybridized carbons (Fsp3) is 0.611. The van der Waals surface area contributed by atoms with Crippen LogP contribution in [-0.4, -0.2) is 46.4 Å². The van der Waals surface area contributed by atoms with E-state index in [0.29, 0.717) is 13.2 Å².